The van der Waals surface area contributed by atoms with E-state index < -0.39 is 15.3 Å². The van der Waals surface area contributed by atoms with Gasteiger partial charge in [-0.25, -0.2) is 8.42 Å². The zero-order valence-corrected chi connectivity index (χ0v) is 18.2. The first-order valence-corrected chi connectivity index (χ1v) is 12.2. The number of amides is 2. The van der Waals surface area contributed by atoms with Crippen molar-refractivity contribution < 1.29 is 22.8 Å². The molecule has 2 saturated heterocycles. The van der Waals surface area contributed by atoms with Gasteiger partial charge in [0.1, 0.15) is 5.78 Å². The van der Waals surface area contributed by atoms with Crippen LogP contribution in [0.2, 0.25) is 0 Å². The van der Waals surface area contributed by atoms with Crippen LogP contribution in [0.4, 0.5) is 16.2 Å². The van der Waals surface area contributed by atoms with E-state index in [1.165, 1.54) is 12.1 Å². The SMILES string of the molecule is O=C1CCN(c2ccc(NS(=O)(=O)c3ccc(CC4SC(=O)NC4=O)cc3)cc2)CC1. The number of sulfonamides is 1. The summed E-state index contributed by atoms with van der Waals surface area (Å²) >= 11 is 0.941. The Morgan fingerprint density at radius 3 is 2.19 bits per heavy atom. The molecule has 10 heteroatoms. The number of anilines is 2. The van der Waals surface area contributed by atoms with Crippen LogP contribution in [0.5, 0.6) is 0 Å². The normalized spacial score (nSPS) is 19.4. The van der Waals surface area contributed by atoms with Gasteiger partial charge in [-0.3, -0.25) is 24.4 Å². The Bertz CT molecular complexity index is 1100. The third-order valence-electron chi connectivity index (χ3n) is 5.23. The highest BCUT2D eigenvalue weighted by atomic mass is 32.2. The van der Waals surface area contributed by atoms with E-state index in [2.05, 4.69) is 14.9 Å². The Labute approximate surface area is 184 Å². The predicted molar refractivity (Wildman–Crippen MR) is 119 cm³/mol. The smallest absolute Gasteiger partial charge is 0.286 e. The largest absolute Gasteiger partial charge is 0.371 e. The monoisotopic (exact) mass is 459 g/mol. The van der Waals surface area contributed by atoms with Crippen molar-refractivity contribution in [2.24, 2.45) is 0 Å². The molecule has 2 fully saturated rings. The first-order chi connectivity index (χ1) is 14.8. The number of nitrogens with one attached hydrogen (secondary N) is 2. The molecule has 2 aromatic carbocycles. The number of Topliss-reactive ketones (excluding diaryl/α,β-unsaturated/α-hetero) is 1. The lowest BCUT2D eigenvalue weighted by molar-refractivity contribution is -0.120. The van der Waals surface area contributed by atoms with Crippen LogP contribution >= 0.6 is 11.8 Å². The van der Waals surface area contributed by atoms with Crippen LogP contribution in [0, 0.1) is 0 Å². The van der Waals surface area contributed by atoms with Crippen LogP contribution in [0.1, 0.15) is 18.4 Å². The van der Waals surface area contributed by atoms with E-state index in [1.54, 1.807) is 24.3 Å². The van der Waals surface area contributed by atoms with Crippen molar-refractivity contribution in [1.29, 1.82) is 0 Å². The second-order valence-corrected chi connectivity index (χ2v) is 10.3. The molecule has 4 rings (SSSR count). The number of carbonyl (C=O) groups is 3. The van der Waals surface area contributed by atoms with Crippen LogP contribution in [-0.2, 0) is 26.0 Å². The molecule has 31 heavy (non-hydrogen) atoms. The molecule has 2 aliphatic rings. The fourth-order valence-corrected chi connectivity index (χ4v) is 5.43. The molecule has 1 atom stereocenters. The fraction of sp³-hybridized carbons (Fsp3) is 0.286. The number of benzene rings is 2. The minimum absolute atomic E-state index is 0.106. The van der Waals surface area contributed by atoms with Crippen LogP contribution in [0.3, 0.4) is 0 Å². The Morgan fingerprint density at radius 1 is 0.968 bits per heavy atom. The molecule has 2 amide bonds. The summed E-state index contributed by atoms with van der Waals surface area (Å²) in [5.74, 6) is -0.0571. The van der Waals surface area contributed by atoms with Gasteiger partial charge >= 0.3 is 0 Å². The van der Waals surface area contributed by atoms with E-state index in [0.29, 0.717) is 38.0 Å². The standard InChI is InChI=1S/C21H21N3O5S2/c25-17-9-11-24(12-10-17)16-5-3-15(4-6-16)23-31(28,29)18-7-1-14(2-8-18)13-19-20(26)22-21(27)30-19/h1-8,19,23H,9-13H2,(H,22,26,27). The summed E-state index contributed by atoms with van der Waals surface area (Å²) in [6.07, 6.45) is 1.41. The van der Waals surface area contributed by atoms with Crippen LogP contribution in [-0.4, -0.2) is 43.7 Å². The number of thioether (sulfide) groups is 1. The Kier molecular flexibility index (Phi) is 6.01. The molecule has 0 saturated carbocycles. The van der Waals surface area contributed by atoms with E-state index >= 15 is 0 Å². The van der Waals surface area contributed by atoms with Gasteiger partial charge in [-0.2, -0.15) is 0 Å². The van der Waals surface area contributed by atoms with Crippen molar-refractivity contribution in [1.82, 2.24) is 5.32 Å². The summed E-state index contributed by atoms with van der Waals surface area (Å²) in [5, 5.41) is 1.38. The number of piperidine rings is 1. The Morgan fingerprint density at radius 2 is 1.61 bits per heavy atom. The predicted octanol–water partition coefficient (Wildman–Crippen LogP) is 2.55. The third kappa shape index (κ3) is 5.08. The third-order valence-corrected chi connectivity index (χ3v) is 7.61. The zero-order chi connectivity index (χ0) is 22.0. The summed E-state index contributed by atoms with van der Waals surface area (Å²) in [6, 6.07) is 13.3. The van der Waals surface area contributed by atoms with E-state index in [4.69, 9.17) is 0 Å². The van der Waals surface area contributed by atoms with E-state index in [-0.39, 0.29) is 21.8 Å². The summed E-state index contributed by atoms with van der Waals surface area (Å²) < 4.78 is 28.0. The lowest BCUT2D eigenvalue weighted by atomic mass is 10.1. The van der Waals surface area contributed by atoms with E-state index in [1.807, 2.05) is 12.1 Å². The van der Waals surface area contributed by atoms with Crippen molar-refractivity contribution >= 4 is 50.1 Å². The average molecular weight is 460 g/mol. The fourth-order valence-electron chi connectivity index (χ4n) is 3.52. The number of imide groups is 1. The van der Waals surface area contributed by atoms with Crippen LogP contribution in [0.15, 0.2) is 53.4 Å². The quantitative estimate of drug-likeness (QED) is 0.683. The lowest BCUT2D eigenvalue weighted by Crippen LogP contribution is -2.33. The highest BCUT2D eigenvalue weighted by molar-refractivity contribution is 8.15. The van der Waals surface area contributed by atoms with Gasteiger partial charge in [-0.15, -0.1) is 0 Å². The Hall–Kier alpha value is -2.85. The molecule has 2 N–H and O–H groups in total. The van der Waals surface area contributed by atoms with Crippen LogP contribution in [0.25, 0.3) is 0 Å². The molecule has 2 aliphatic heterocycles. The summed E-state index contributed by atoms with van der Waals surface area (Å²) in [4.78, 5) is 36.5. The number of nitrogens with zero attached hydrogens (tertiary/aromatic N) is 1. The van der Waals surface area contributed by atoms with E-state index in [9.17, 15) is 22.8 Å². The molecule has 162 valence electrons. The van der Waals surface area contributed by atoms with Crippen molar-refractivity contribution in [3.05, 3.63) is 54.1 Å². The molecular formula is C21H21N3O5S2. The molecule has 8 nitrogen and oxygen atoms in total. The van der Waals surface area contributed by atoms with E-state index in [0.717, 1.165) is 23.0 Å². The highest BCUT2D eigenvalue weighted by Crippen LogP contribution is 2.25. The summed E-state index contributed by atoms with van der Waals surface area (Å²) in [7, 11) is -3.77. The maximum Gasteiger partial charge on any atom is 0.286 e. The van der Waals surface area contributed by atoms with Gasteiger partial charge in [-0.05, 0) is 48.4 Å². The number of rotatable bonds is 6. The van der Waals surface area contributed by atoms with Gasteiger partial charge in [0.05, 0.1) is 10.1 Å². The maximum atomic E-state index is 12.7. The number of hydrogen-bond acceptors (Lipinski definition) is 7. The number of carbonyl (C=O) groups excluding carboxylic acids is 3. The minimum atomic E-state index is -3.77. The van der Waals surface area contributed by atoms with Gasteiger partial charge in [0.15, 0.2) is 0 Å². The molecule has 2 heterocycles. The van der Waals surface area contributed by atoms with Gasteiger partial charge < -0.3 is 4.90 Å². The van der Waals surface area contributed by atoms with Crippen LogP contribution < -0.4 is 14.9 Å². The van der Waals surface area contributed by atoms with Gasteiger partial charge in [0.25, 0.3) is 15.3 Å². The van der Waals surface area contributed by atoms with Crippen molar-refractivity contribution in [2.75, 3.05) is 22.7 Å². The zero-order valence-electron chi connectivity index (χ0n) is 16.5. The summed E-state index contributed by atoms with van der Waals surface area (Å²) in [5.41, 5.74) is 2.16. The molecular weight excluding hydrogens is 438 g/mol. The maximum absolute atomic E-state index is 12.7. The second kappa shape index (κ2) is 8.72. The molecule has 0 bridgehead atoms. The van der Waals surface area contributed by atoms with Crippen molar-refractivity contribution in [3.63, 3.8) is 0 Å². The molecule has 0 aliphatic carbocycles. The first kappa shape index (κ1) is 21.4. The lowest BCUT2D eigenvalue weighted by Gasteiger charge is -2.28. The van der Waals surface area contributed by atoms with Crippen molar-refractivity contribution in [3.8, 4) is 0 Å². The number of hydrogen-bond donors (Lipinski definition) is 2. The molecule has 0 spiro atoms. The van der Waals surface area contributed by atoms with Gasteiger partial charge in [-0.1, -0.05) is 23.9 Å². The average Bonchev–Trinajstić information content (AvgIpc) is 3.06. The highest BCUT2D eigenvalue weighted by Gasteiger charge is 2.31. The minimum Gasteiger partial charge on any atom is -0.371 e. The second-order valence-electron chi connectivity index (χ2n) is 7.41. The molecule has 0 aromatic heterocycles. The van der Waals surface area contributed by atoms with Crippen molar-refractivity contribution in [2.45, 2.75) is 29.4 Å². The Balaban J connectivity index is 1.39. The number of ketones is 1. The first-order valence-electron chi connectivity index (χ1n) is 9.80. The molecule has 0 radical (unpaired) electrons. The van der Waals surface area contributed by atoms with Gasteiger partial charge in [0, 0.05) is 37.3 Å². The molecule has 2 aromatic rings. The summed E-state index contributed by atoms with van der Waals surface area (Å²) in [6.45, 7) is 1.34. The molecule has 1 unspecified atom stereocenters. The topological polar surface area (TPSA) is 113 Å². The van der Waals surface area contributed by atoms with Gasteiger partial charge in [0.2, 0.25) is 5.91 Å².